The zero-order chi connectivity index (χ0) is 25.2. The average molecular weight is 477 g/mol. The standard InChI is InChI=1S/C28H48N2O2S/c1-25(2,3)21-14-19(15-22(24(21)32)26(4,5)6)12-11-13-33-18-23(31)29-20-16-27(7,8)30-28(9,10)17-20/h14-15,20,30,32H,11-13,16-18H2,1-10H3,(H,29,31). The van der Waals surface area contributed by atoms with Gasteiger partial charge in [-0.1, -0.05) is 53.7 Å². The van der Waals surface area contributed by atoms with Crippen LogP contribution in [0.5, 0.6) is 5.75 Å². The van der Waals surface area contributed by atoms with E-state index in [0.29, 0.717) is 11.5 Å². The summed E-state index contributed by atoms with van der Waals surface area (Å²) in [5.74, 6) is 2.05. The molecule has 0 radical (unpaired) electrons. The molecule has 1 aliphatic rings. The molecular formula is C28H48N2O2S. The first kappa shape index (κ1) is 28.0. The molecule has 0 saturated carbocycles. The van der Waals surface area contributed by atoms with E-state index in [4.69, 9.17) is 0 Å². The highest BCUT2D eigenvalue weighted by molar-refractivity contribution is 7.99. The van der Waals surface area contributed by atoms with Gasteiger partial charge in [-0.25, -0.2) is 0 Å². The van der Waals surface area contributed by atoms with E-state index in [2.05, 4.69) is 92.0 Å². The molecule has 0 spiro atoms. The molecule has 1 aromatic rings. The number of piperidine rings is 1. The number of phenols is 1. The van der Waals surface area contributed by atoms with Crippen LogP contribution >= 0.6 is 11.8 Å². The van der Waals surface area contributed by atoms with Gasteiger partial charge in [-0.05, 0) is 86.7 Å². The predicted octanol–water partition coefficient (Wildman–Crippen LogP) is 6.08. The number of hydrogen-bond donors (Lipinski definition) is 3. The van der Waals surface area contributed by atoms with E-state index >= 15 is 0 Å². The van der Waals surface area contributed by atoms with Crippen LogP contribution in [0, 0.1) is 0 Å². The quantitative estimate of drug-likeness (QED) is 0.418. The van der Waals surface area contributed by atoms with Crippen LogP contribution in [0.15, 0.2) is 12.1 Å². The van der Waals surface area contributed by atoms with Crippen LogP contribution < -0.4 is 10.6 Å². The summed E-state index contributed by atoms with van der Waals surface area (Å²) in [5, 5.41) is 17.8. The molecular weight excluding hydrogens is 428 g/mol. The van der Waals surface area contributed by atoms with Crippen LogP contribution in [0.25, 0.3) is 0 Å². The van der Waals surface area contributed by atoms with Crippen molar-refractivity contribution in [1.82, 2.24) is 10.6 Å². The first-order valence-electron chi connectivity index (χ1n) is 12.4. The van der Waals surface area contributed by atoms with Gasteiger partial charge < -0.3 is 15.7 Å². The van der Waals surface area contributed by atoms with E-state index in [0.717, 1.165) is 42.6 Å². The summed E-state index contributed by atoms with van der Waals surface area (Å²) < 4.78 is 0. The second kappa shape index (κ2) is 10.2. The Labute approximate surface area is 207 Å². The van der Waals surface area contributed by atoms with E-state index < -0.39 is 0 Å². The minimum absolute atomic E-state index is 0.0365. The number of hydrogen-bond acceptors (Lipinski definition) is 4. The third kappa shape index (κ3) is 8.51. The maximum atomic E-state index is 12.5. The second-order valence-corrected chi connectivity index (χ2v) is 14.4. The smallest absolute Gasteiger partial charge is 0.230 e. The molecule has 188 valence electrons. The molecule has 1 saturated heterocycles. The topological polar surface area (TPSA) is 61.4 Å². The second-order valence-electron chi connectivity index (χ2n) is 13.3. The molecule has 1 aliphatic heterocycles. The summed E-state index contributed by atoms with van der Waals surface area (Å²) in [7, 11) is 0. The van der Waals surface area contributed by atoms with Crippen molar-refractivity contribution >= 4 is 17.7 Å². The molecule has 0 unspecified atom stereocenters. The number of carbonyl (C=O) groups is 1. The van der Waals surface area contributed by atoms with Crippen molar-refractivity contribution in [1.29, 1.82) is 0 Å². The maximum absolute atomic E-state index is 12.5. The first-order chi connectivity index (χ1) is 14.9. The third-order valence-electron chi connectivity index (χ3n) is 6.33. The Hall–Kier alpha value is -1.20. The lowest BCUT2D eigenvalue weighted by molar-refractivity contribution is -0.119. The fourth-order valence-electron chi connectivity index (χ4n) is 5.22. The number of rotatable bonds is 7. The molecule has 3 N–H and O–H groups in total. The molecule has 1 fully saturated rings. The summed E-state index contributed by atoms with van der Waals surface area (Å²) in [4.78, 5) is 12.5. The summed E-state index contributed by atoms with van der Waals surface area (Å²) in [6.45, 7) is 21.7. The van der Waals surface area contributed by atoms with Crippen molar-refractivity contribution in [3.63, 3.8) is 0 Å². The average Bonchev–Trinajstić information content (AvgIpc) is 2.57. The van der Waals surface area contributed by atoms with Crippen LogP contribution in [0.1, 0.15) is 105 Å². The van der Waals surface area contributed by atoms with Gasteiger partial charge in [0, 0.05) is 17.1 Å². The first-order valence-corrected chi connectivity index (χ1v) is 13.6. The Bertz CT molecular complexity index is 780. The van der Waals surface area contributed by atoms with Crippen molar-refractivity contribution in [2.24, 2.45) is 0 Å². The van der Waals surface area contributed by atoms with Gasteiger partial charge >= 0.3 is 0 Å². The molecule has 0 aliphatic carbocycles. The van der Waals surface area contributed by atoms with E-state index in [1.807, 2.05) is 0 Å². The van der Waals surface area contributed by atoms with Crippen molar-refractivity contribution < 1.29 is 9.90 Å². The summed E-state index contributed by atoms with van der Waals surface area (Å²) in [5.41, 5.74) is 3.17. The Balaban J connectivity index is 1.88. The highest BCUT2D eigenvalue weighted by atomic mass is 32.2. The fourth-order valence-corrected chi connectivity index (χ4v) is 5.98. The lowest BCUT2D eigenvalue weighted by Crippen LogP contribution is -2.62. The Morgan fingerprint density at radius 1 is 1.03 bits per heavy atom. The largest absolute Gasteiger partial charge is 0.507 e. The molecule has 0 bridgehead atoms. The normalized spacial score (nSPS) is 18.8. The number of aromatic hydroxyl groups is 1. The fraction of sp³-hybridized carbons (Fsp3) is 0.750. The minimum atomic E-state index is -0.106. The van der Waals surface area contributed by atoms with E-state index in [9.17, 15) is 9.90 Å². The highest BCUT2D eigenvalue weighted by Crippen LogP contribution is 2.40. The summed E-state index contributed by atoms with van der Waals surface area (Å²) in [6, 6.07) is 4.57. The molecule has 1 heterocycles. The Kier molecular flexibility index (Phi) is 8.66. The zero-order valence-corrected chi connectivity index (χ0v) is 23.6. The number of phenolic OH excluding ortho intramolecular Hbond substituents is 1. The van der Waals surface area contributed by atoms with Crippen molar-refractivity contribution in [3.8, 4) is 5.75 Å². The van der Waals surface area contributed by atoms with Gasteiger partial charge in [-0.3, -0.25) is 4.79 Å². The predicted molar refractivity (Wildman–Crippen MR) is 144 cm³/mol. The van der Waals surface area contributed by atoms with E-state index in [-0.39, 0.29) is 33.9 Å². The molecule has 33 heavy (non-hydrogen) atoms. The van der Waals surface area contributed by atoms with Gasteiger partial charge in [0.2, 0.25) is 5.91 Å². The minimum Gasteiger partial charge on any atom is -0.507 e. The number of amides is 1. The van der Waals surface area contributed by atoms with Crippen molar-refractivity contribution in [2.75, 3.05) is 11.5 Å². The summed E-state index contributed by atoms with van der Waals surface area (Å²) >= 11 is 1.71. The van der Waals surface area contributed by atoms with Crippen molar-refractivity contribution in [3.05, 3.63) is 28.8 Å². The summed E-state index contributed by atoms with van der Waals surface area (Å²) in [6.07, 6.45) is 3.89. The van der Waals surface area contributed by atoms with Gasteiger partial charge in [0.15, 0.2) is 0 Å². The van der Waals surface area contributed by atoms with E-state index in [1.165, 1.54) is 5.56 Å². The van der Waals surface area contributed by atoms with Gasteiger partial charge in [0.25, 0.3) is 0 Å². The van der Waals surface area contributed by atoms with Crippen LogP contribution in [-0.4, -0.2) is 39.6 Å². The van der Waals surface area contributed by atoms with Gasteiger partial charge in [0.05, 0.1) is 5.75 Å². The van der Waals surface area contributed by atoms with Crippen LogP contribution in [-0.2, 0) is 22.0 Å². The maximum Gasteiger partial charge on any atom is 0.230 e. The van der Waals surface area contributed by atoms with Gasteiger partial charge in [-0.15, -0.1) is 0 Å². The molecule has 1 aromatic carbocycles. The van der Waals surface area contributed by atoms with Crippen LogP contribution in [0.4, 0.5) is 0 Å². The number of carbonyl (C=O) groups excluding carboxylic acids is 1. The molecule has 1 amide bonds. The Morgan fingerprint density at radius 3 is 1.97 bits per heavy atom. The molecule has 5 heteroatoms. The monoisotopic (exact) mass is 476 g/mol. The highest BCUT2D eigenvalue weighted by Gasteiger charge is 2.38. The molecule has 2 rings (SSSR count). The van der Waals surface area contributed by atoms with Crippen molar-refractivity contribution in [2.45, 2.75) is 123 Å². The van der Waals surface area contributed by atoms with E-state index in [1.54, 1.807) is 11.8 Å². The number of benzene rings is 1. The molecule has 4 nitrogen and oxygen atoms in total. The molecule has 0 aromatic heterocycles. The number of thioether (sulfide) groups is 1. The number of aryl methyl sites for hydroxylation is 1. The van der Waals surface area contributed by atoms with Gasteiger partial charge in [-0.2, -0.15) is 11.8 Å². The van der Waals surface area contributed by atoms with Crippen LogP contribution in [0.2, 0.25) is 0 Å². The Morgan fingerprint density at radius 2 is 1.52 bits per heavy atom. The van der Waals surface area contributed by atoms with Crippen LogP contribution in [0.3, 0.4) is 0 Å². The van der Waals surface area contributed by atoms with Gasteiger partial charge in [0.1, 0.15) is 5.75 Å². The third-order valence-corrected chi connectivity index (χ3v) is 7.37. The lowest BCUT2D eigenvalue weighted by Gasteiger charge is -2.46. The zero-order valence-electron chi connectivity index (χ0n) is 22.7. The lowest BCUT2D eigenvalue weighted by atomic mass is 9.78. The SMILES string of the molecule is CC1(C)CC(NC(=O)CSCCCc2cc(C(C)(C)C)c(O)c(C(C)(C)C)c2)CC(C)(C)N1. The number of nitrogens with one attached hydrogen (secondary N) is 2. The molecule has 0 atom stereocenters.